The number of alkyl halides is 1. The van der Waals surface area contributed by atoms with E-state index in [2.05, 4.69) is 19.9 Å². The fraction of sp³-hybridized carbons (Fsp3) is 0.455. The van der Waals surface area contributed by atoms with Crippen LogP contribution in [0.15, 0.2) is 29.6 Å². The molecule has 3 aromatic heterocycles. The van der Waals surface area contributed by atoms with Crippen LogP contribution in [0.5, 0.6) is 0 Å². The summed E-state index contributed by atoms with van der Waals surface area (Å²) in [5.74, 6) is 0. The number of nitrogens with zero attached hydrogens (tertiary/aromatic N) is 5. The molecule has 248 valence electrons. The molecule has 1 aromatic carbocycles. The molecule has 24 heteroatoms. The molecule has 3 aliphatic rings. The van der Waals surface area contributed by atoms with Crippen LogP contribution in [0.1, 0.15) is 12.5 Å². The van der Waals surface area contributed by atoms with E-state index in [1.807, 2.05) is 0 Å². The van der Waals surface area contributed by atoms with Crippen LogP contribution < -0.4 is 5.56 Å². The third-order valence-electron chi connectivity index (χ3n) is 7.47. The average Bonchev–Trinajstić information content (AvgIpc) is 3.71. The number of nitrogens with one attached hydrogen (secondary N) is 1. The summed E-state index contributed by atoms with van der Waals surface area (Å²) >= 11 is 18.5. The van der Waals surface area contributed by atoms with Gasteiger partial charge >= 0.3 is 15.6 Å². The lowest BCUT2D eigenvalue weighted by atomic mass is 10.1. The van der Waals surface area contributed by atoms with Crippen LogP contribution in [-0.4, -0.2) is 93.9 Å². The second-order valence-corrected chi connectivity index (χ2v) is 14.3. The van der Waals surface area contributed by atoms with Crippen molar-refractivity contribution < 1.29 is 56.0 Å². The number of fused-ring (bicyclic) bond motifs is 4. The monoisotopic (exact) mass is 746 g/mol. The molecule has 6 heterocycles. The molecule has 4 N–H and O–H groups in total. The molecule has 0 spiro atoms. The van der Waals surface area contributed by atoms with Crippen molar-refractivity contribution in [1.29, 1.82) is 0 Å². The first-order chi connectivity index (χ1) is 21.7. The minimum absolute atomic E-state index is 0.0844. The number of H-pyrrole nitrogens is 1. The van der Waals surface area contributed by atoms with Crippen LogP contribution in [0, 0.1) is 0 Å². The first-order valence-corrected chi connectivity index (χ1v) is 17.2. The third-order valence-corrected chi connectivity index (χ3v) is 10.4. The zero-order valence-corrected chi connectivity index (χ0v) is 26.6. The highest BCUT2D eigenvalue weighted by atomic mass is 35.5. The number of imidazole rings is 2. The quantitative estimate of drug-likeness (QED) is 0.216. The normalized spacial score (nSPS) is 37.2. The molecule has 4 aromatic rings. The fourth-order valence-electron chi connectivity index (χ4n) is 5.43. The molecule has 18 nitrogen and oxygen atoms in total. The number of aliphatic hydroxyl groups is 1. The van der Waals surface area contributed by atoms with E-state index in [1.165, 1.54) is 16.7 Å². The Labute approximate surface area is 270 Å². The van der Waals surface area contributed by atoms with E-state index < -0.39 is 83.6 Å². The maximum atomic E-state index is 15.9. The molecule has 0 amide bonds. The van der Waals surface area contributed by atoms with Gasteiger partial charge in [0.2, 0.25) is 5.28 Å². The zero-order chi connectivity index (χ0) is 32.7. The summed E-state index contributed by atoms with van der Waals surface area (Å²) in [5.41, 5.74) is -0.339. The highest BCUT2D eigenvalue weighted by Gasteiger charge is 2.54. The van der Waals surface area contributed by atoms with E-state index in [1.54, 1.807) is 0 Å². The van der Waals surface area contributed by atoms with Gasteiger partial charge in [-0.1, -0.05) is 23.2 Å². The van der Waals surface area contributed by atoms with Gasteiger partial charge < -0.3 is 29.4 Å². The van der Waals surface area contributed by atoms with E-state index in [-0.39, 0.29) is 37.5 Å². The van der Waals surface area contributed by atoms with Gasteiger partial charge in [0, 0.05) is 0 Å². The van der Waals surface area contributed by atoms with Gasteiger partial charge in [-0.2, -0.15) is 0 Å². The summed E-state index contributed by atoms with van der Waals surface area (Å²) in [4.78, 5) is 47.6. The Morgan fingerprint density at radius 1 is 0.957 bits per heavy atom. The molecule has 3 aliphatic heterocycles. The van der Waals surface area contributed by atoms with Gasteiger partial charge in [0.25, 0.3) is 5.56 Å². The van der Waals surface area contributed by atoms with Gasteiger partial charge in [0.1, 0.15) is 30.5 Å². The van der Waals surface area contributed by atoms with Gasteiger partial charge in [0.05, 0.1) is 46.9 Å². The van der Waals surface area contributed by atoms with Crippen LogP contribution >= 0.6 is 50.4 Å². The summed E-state index contributed by atoms with van der Waals surface area (Å²) in [7, 11) is -10.3. The maximum Gasteiger partial charge on any atom is 0.472 e. The Hall–Kier alpha value is -2.06. The average molecular weight is 748 g/mol. The van der Waals surface area contributed by atoms with Crippen molar-refractivity contribution in [3.8, 4) is 0 Å². The lowest BCUT2D eigenvalue weighted by Gasteiger charge is -2.27. The molecular weight excluding hydrogens is 728 g/mol. The van der Waals surface area contributed by atoms with Crippen LogP contribution in [0.25, 0.3) is 22.2 Å². The number of phosphoric ester groups is 2. The van der Waals surface area contributed by atoms with E-state index in [0.717, 1.165) is 17.2 Å². The number of ether oxygens (including phenoxy) is 2. The molecule has 0 aliphatic carbocycles. The summed E-state index contributed by atoms with van der Waals surface area (Å²) in [6, 6.07) is 2.81. The van der Waals surface area contributed by atoms with Crippen molar-refractivity contribution in [3.05, 3.63) is 50.5 Å². The summed E-state index contributed by atoms with van der Waals surface area (Å²) in [5, 5.41) is 11.3. The summed E-state index contributed by atoms with van der Waals surface area (Å²) in [6.45, 7) is -1.79. The number of benzene rings is 1. The Morgan fingerprint density at radius 3 is 2.30 bits per heavy atom. The molecule has 0 radical (unpaired) electrons. The number of aromatic amines is 1. The van der Waals surface area contributed by atoms with Crippen molar-refractivity contribution in [3.63, 3.8) is 0 Å². The zero-order valence-electron chi connectivity index (χ0n) is 22.5. The first-order valence-electron chi connectivity index (χ1n) is 13.1. The standard InChI is InChI=1S/C22H20Cl3FN6O12P2/c23-7-1-9-10(2-8(7)24)32(22(25)30-9)21-15(33)17-12(42-21)4-40-45(35,36)43-16-11(3-39-46(37,38)44-17)41-20(13(16)26)31-6-29-14-18(31)27-5-28-19(14)34/h1-2,5-6,11-13,15-17,20-21,33H,3-4H2,(H,35,36)(H,37,38)(H,27,28,34)/t11-,12-,13+,15?,16?,17+,20-,21-/m1/s1. The number of hydrogen-bond donors (Lipinski definition) is 4. The number of aromatic nitrogens is 6. The van der Waals surface area contributed by atoms with Gasteiger partial charge in [-0.05, 0) is 23.7 Å². The molecule has 3 fully saturated rings. The van der Waals surface area contributed by atoms with E-state index >= 15 is 4.39 Å². The topological polar surface area (TPSA) is 232 Å². The van der Waals surface area contributed by atoms with Crippen molar-refractivity contribution in [2.45, 2.75) is 49.1 Å². The van der Waals surface area contributed by atoms with Gasteiger partial charge in [0.15, 0.2) is 29.8 Å². The largest absolute Gasteiger partial charge is 0.472 e. The molecule has 4 unspecified atom stereocenters. The van der Waals surface area contributed by atoms with E-state index in [9.17, 15) is 28.8 Å². The smallest absolute Gasteiger partial charge is 0.386 e. The van der Waals surface area contributed by atoms with Crippen molar-refractivity contribution in [2.75, 3.05) is 13.2 Å². The Balaban J connectivity index is 1.18. The van der Waals surface area contributed by atoms with Crippen LogP contribution in [-0.2, 0) is 36.7 Å². The highest BCUT2D eigenvalue weighted by Crippen LogP contribution is 2.54. The van der Waals surface area contributed by atoms with Crippen molar-refractivity contribution >= 4 is 72.6 Å². The lowest BCUT2D eigenvalue weighted by molar-refractivity contribution is -0.0662. The number of hydrogen-bond acceptors (Lipinski definition) is 13. The molecule has 0 saturated carbocycles. The van der Waals surface area contributed by atoms with Crippen LogP contribution in [0.2, 0.25) is 15.3 Å². The minimum atomic E-state index is -5.14. The van der Waals surface area contributed by atoms with Gasteiger partial charge in [-0.15, -0.1) is 0 Å². The molecular formula is C22H20Cl3FN6O12P2. The predicted molar refractivity (Wildman–Crippen MR) is 153 cm³/mol. The molecule has 10 atom stereocenters. The predicted octanol–water partition coefficient (Wildman–Crippen LogP) is 2.64. The molecule has 46 heavy (non-hydrogen) atoms. The van der Waals surface area contributed by atoms with Crippen molar-refractivity contribution in [1.82, 2.24) is 29.1 Å². The van der Waals surface area contributed by atoms with E-state index in [0.29, 0.717) is 0 Å². The Kier molecular flexibility index (Phi) is 8.35. The Bertz CT molecular complexity index is 2000. The third kappa shape index (κ3) is 5.71. The molecule has 3 saturated heterocycles. The van der Waals surface area contributed by atoms with Gasteiger partial charge in [-0.25, -0.2) is 28.5 Å². The second kappa shape index (κ2) is 11.8. The highest BCUT2D eigenvalue weighted by molar-refractivity contribution is 7.47. The summed E-state index contributed by atoms with van der Waals surface area (Å²) < 4.78 is 76.3. The van der Waals surface area contributed by atoms with Crippen LogP contribution in [0.4, 0.5) is 4.39 Å². The minimum Gasteiger partial charge on any atom is -0.386 e. The van der Waals surface area contributed by atoms with Crippen LogP contribution in [0.3, 0.4) is 0 Å². The fourth-order valence-corrected chi connectivity index (χ4v) is 7.95. The van der Waals surface area contributed by atoms with Gasteiger partial charge in [-0.3, -0.25) is 32.0 Å². The van der Waals surface area contributed by atoms with E-state index in [4.69, 9.17) is 62.4 Å². The second-order valence-electron chi connectivity index (χ2n) is 10.3. The lowest BCUT2D eigenvalue weighted by Crippen LogP contribution is -2.38. The summed E-state index contributed by atoms with van der Waals surface area (Å²) in [6.07, 6.45) is -11.7. The number of phosphoric acid groups is 2. The Morgan fingerprint density at radius 2 is 1.59 bits per heavy atom. The SMILES string of the molecule is O=c1[nH]cnc2c1ncn2[C@@H]1O[C@@H]2COP(=O)(O)O[C@@H]3C(O)[C@H](n4c(Cl)nc5cc(Cl)c(Cl)cc54)O[C@@H]3COP(=O)(O)OC2[C@@H]1F. The van der Waals surface area contributed by atoms with Crippen molar-refractivity contribution in [2.24, 2.45) is 0 Å². The maximum absolute atomic E-state index is 15.9. The molecule has 7 rings (SSSR count). The number of aliphatic hydroxyl groups excluding tert-OH is 1. The molecule has 0 bridgehead atoms. The first kappa shape index (κ1) is 32.5. The number of halogens is 4. The number of rotatable bonds is 2.